The van der Waals surface area contributed by atoms with Crippen molar-refractivity contribution in [3.05, 3.63) is 0 Å². The minimum absolute atomic E-state index is 0. The van der Waals surface area contributed by atoms with Gasteiger partial charge in [-0.2, -0.15) is 0 Å². The van der Waals surface area contributed by atoms with Crippen LogP contribution < -0.4 is 5.32 Å². The molecule has 0 unspecified atom stereocenters. The summed E-state index contributed by atoms with van der Waals surface area (Å²) in [7, 11) is 1.94. The summed E-state index contributed by atoms with van der Waals surface area (Å²) < 4.78 is 0. The maximum absolute atomic E-state index is 11.1. The molecule has 3 nitrogen and oxygen atoms in total. The van der Waals surface area contributed by atoms with E-state index in [1.807, 2.05) is 11.9 Å². The Morgan fingerprint density at radius 2 is 2.55 bits per heavy atom. The fraction of sp³-hybridized carbons (Fsp3) is 0.875. The Hall–Kier alpha value is -0.570. The molecule has 0 aromatic carbocycles. The van der Waals surface area contributed by atoms with Gasteiger partial charge in [-0.05, 0) is 26.4 Å². The highest BCUT2D eigenvalue weighted by atomic mass is 16.2. The molecule has 0 spiro atoms. The van der Waals surface area contributed by atoms with Crippen LogP contribution in [0.15, 0.2) is 0 Å². The third-order valence-corrected chi connectivity index (χ3v) is 2.03. The van der Waals surface area contributed by atoms with E-state index in [-0.39, 0.29) is 1.43 Å². The lowest BCUT2D eigenvalue weighted by Gasteiger charge is -2.14. The van der Waals surface area contributed by atoms with Crippen LogP contribution in [0.3, 0.4) is 0 Å². The summed E-state index contributed by atoms with van der Waals surface area (Å²) in [6.45, 7) is 2.91. The molecule has 3 heteroatoms. The molecule has 1 aliphatic rings. The highest BCUT2D eigenvalue weighted by Gasteiger charge is 2.18. The summed E-state index contributed by atoms with van der Waals surface area (Å²) in [5, 5.41) is 3.07. The van der Waals surface area contributed by atoms with Gasteiger partial charge in [-0.15, -0.1) is 0 Å². The first-order valence-corrected chi connectivity index (χ1v) is 4.27. The molecule has 66 valence electrons. The molecular formula is C8H18N2O. The zero-order valence-electron chi connectivity index (χ0n) is 7.10. The van der Waals surface area contributed by atoms with E-state index in [1.165, 1.54) is 0 Å². The second-order valence-electron chi connectivity index (χ2n) is 2.94. The van der Waals surface area contributed by atoms with Crippen LogP contribution in [0.4, 0.5) is 0 Å². The Morgan fingerprint density at radius 3 is 3.09 bits per heavy atom. The van der Waals surface area contributed by atoms with Gasteiger partial charge in [-0.1, -0.05) is 0 Å². The zero-order chi connectivity index (χ0) is 8.10. The number of amides is 1. The molecular weight excluding hydrogens is 140 g/mol. The SMILES string of the molecule is CNCCCN1CCCC1=O.[HH]. The van der Waals surface area contributed by atoms with Crippen LogP contribution in [0.5, 0.6) is 0 Å². The molecule has 0 radical (unpaired) electrons. The van der Waals surface area contributed by atoms with E-state index >= 15 is 0 Å². The van der Waals surface area contributed by atoms with Gasteiger partial charge in [0.05, 0.1) is 0 Å². The van der Waals surface area contributed by atoms with Crippen molar-refractivity contribution >= 4 is 5.91 Å². The van der Waals surface area contributed by atoms with Crippen molar-refractivity contribution in [1.82, 2.24) is 10.2 Å². The molecule has 0 aromatic rings. The minimum atomic E-state index is 0. The van der Waals surface area contributed by atoms with Crippen LogP contribution in [0.25, 0.3) is 0 Å². The molecule has 1 rings (SSSR count). The molecule has 0 aromatic heterocycles. The van der Waals surface area contributed by atoms with E-state index in [2.05, 4.69) is 5.32 Å². The third kappa shape index (κ3) is 2.50. The Balaban J connectivity index is 0.00000121. The summed E-state index contributed by atoms with van der Waals surface area (Å²) >= 11 is 0. The van der Waals surface area contributed by atoms with Gasteiger partial charge >= 0.3 is 0 Å². The smallest absolute Gasteiger partial charge is 0.222 e. The van der Waals surface area contributed by atoms with Gasteiger partial charge in [0.15, 0.2) is 0 Å². The standard InChI is InChI=1S/C8H16N2O.H2/c1-9-5-3-7-10-6-2-4-8(10)11;/h9H,2-7H2,1H3;1H. The summed E-state index contributed by atoms with van der Waals surface area (Å²) in [6, 6.07) is 0. The van der Waals surface area contributed by atoms with E-state index in [1.54, 1.807) is 0 Å². The van der Waals surface area contributed by atoms with E-state index < -0.39 is 0 Å². The second kappa shape index (κ2) is 4.34. The Labute approximate surface area is 69.2 Å². The highest BCUT2D eigenvalue weighted by molar-refractivity contribution is 5.77. The van der Waals surface area contributed by atoms with Gasteiger partial charge < -0.3 is 10.2 Å². The van der Waals surface area contributed by atoms with Gasteiger partial charge in [0.25, 0.3) is 0 Å². The van der Waals surface area contributed by atoms with Crippen molar-refractivity contribution in [3.8, 4) is 0 Å². The van der Waals surface area contributed by atoms with Crippen LogP contribution in [0.2, 0.25) is 0 Å². The number of nitrogens with zero attached hydrogens (tertiary/aromatic N) is 1. The summed E-state index contributed by atoms with van der Waals surface area (Å²) in [5.41, 5.74) is 0. The minimum Gasteiger partial charge on any atom is -0.343 e. The lowest BCUT2D eigenvalue weighted by Crippen LogP contribution is -2.27. The predicted molar refractivity (Wildman–Crippen MR) is 46.5 cm³/mol. The number of carbonyl (C=O) groups is 1. The van der Waals surface area contributed by atoms with Crippen molar-refractivity contribution in [2.24, 2.45) is 0 Å². The molecule has 1 aliphatic heterocycles. The first-order valence-electron chi connectivity index (χ1n) is 4.27. The maximum Gasteiger partial charge on any atom is 0.222 e. The summed E-state index contributed by atoms with van der Waals surface area (Å²) in [6.07, 6.45) is 2.89. The van der Waals surface area contributed by atoms with Crippen molar-refractivity contribution < 1.29 is 6.22 Å². The monoisotopic (exact) mass is 158 g/mol. The average Bonchev–Trinajstić information content (AvgIpc) is 2.37. The molecule has 0 atom stereocenters. The predicted octanol–water partition coefficient (Wildman–Crippen LogP) is 0.464. The second-order valence-corrected chi connectivity index (χ2v) is 2.94. The lowest BCUT2D eigenvalue weighted by molar-refractivity contribution is -0.127. The van der Waals surface area contributed by atoms with Crippen LogP contribution in [0.1, 0.15) is 20.7 Å². The van der Waals surface area contributed by atoms with Crippen molar-refractivity contribution in [3.63, 3.8) is 0 Å². The molecule has 0 saturated carbocycles. The van der Waals surface area contributed by atoms with Crippen LogP contribution in [-0.2, 0) is 4.79 Å². The largest absolute Gasteiger partial charge is 0.343 e. The fourth-order valence-corrected chi connectivity index (χ4v) is 1.39. The topological polar surface area (TPSA) is 32.3 Å². The first kappa shape index (κ1) is 8.53. The number of nitrogens with one attached hydrogen (secondary N) is 1. The van der Waals surface area contributed by atoms with E-state index in [0.717, 1.165) is 38.9 Å². The van der Waals surface area contributed by atoms with Gasteiger partial charge in [0.1, 0.15) is 0 Å². The van der Waals surface area contributed by atoms with E-state index in [4.69, 9.17) is 0 Å². The molecule has 0 aliphatic carbocycles. The summed E-state index contributed by atoms with van der Waals surface area (Å²) in [5.74, 6) is 0.334. The van der Waals surface area contributed by atoms with Crippen LogP contribution in [-0.4, -0.2) is 37.5 Å². The Kier molecular flexibility index (Phi) is 3.36. The van der Waals surface area contributed by atoms with Crippen molar-refractivity contribution in [2.75, 3.05) is 26.7 Å². The van der Waals surface area contributed by atoms with Gasteiger partial charge in [-0.25, -0.2) is 0 Å². The molecule has 1 amide bonds. The molecule has 1 saturated heterocycles. The van der Waals surface area contributed by atoms with Crippen LogP contribution in [0, 0.1) is 0 Å². The van der Waals surface area contributed by atoms with Crippen molar-refractivity contribution in [2.45, 2.75) is 19.3 Å². The lowest BCUT2D eigenvalue weighted by atomic mass is 10.4. The Morgan fingerprint density at radius 1 is 1.73 bits per heavy atom. The van der Waals surface area contributed by atoms with Gasteiger partial charge in [-0.3, -0.25) is 4.79 Å². The number of hydrogen-bond donors (Lipinski definition) is 1. The number of likely N-dealkylation sites (tertiary alicyclic amines) is 1. The molecule has 0 bridgehead atoms. The molecule has 1 heterocycles. The number of carbonyl (C=O) groups excluding carboxylic acids is 1. The molecule has 1 N–H and O–H groups in total. The first-order chi connectivity index (χ1) is 5.34. The number of rotatable bonds is 4. The Bertz CT molecular complexity index is 141. The molecule has 1 fully saturated rings. The normalized spacial score (nSPS) is 17.9. The fourth-order valence-electron chi connectivity index (χ4n) is 1.39. The molecule has 11 heavy (non-hydrogen) atoms. The quantitative estimate of drug-likeness (QED) is 0.603. The van der Waals surface area contributed by atoms with Gasteiger partial charge in [0, 0.05) is 20.9 Å². The maximum atomic E-state index is 11.1. The van der Waals surface area contributed by atoms with Crippen LogP contribution >= 0.6 is 0 Å². The van der Waals surface area contributed by atoms with E-state index in [9.17, 15) is 4.79 Å². The average molecular weight is 158 g/mol. The van der Waals surface area contributed by atoms with Crippen molar-refractivity contribution in [1.29, 1.82) is 0 Å². The highest BCUT2D eigenvalue weighted by Crippen LogP contribution is 2.08. The zero-order valence-corrected chi connectivity index (χ0v) is 7.10. The van der Waals surface area contributed by atoms with Gasteiger partial charge in [0.2, 0.25) is 5.91 Å². The number of hydrogen-bond acceptors (Lipinski definition) is 2. The third-order valence-electron chi connectivity index (χ3n) is 2.03. The van der Waals surface area contributed by atoms with E-state index in [0.29, 0.717) is 5.91 Å². The summed E-state index contributed by atoms with van der Waals surface area (Å²) in [4.78, 5) is 13.0.